The van der Waals surface area contributed by atoms with Crippen molar-refractivity contribution in [2.45, 2.75) is 61.7 Å². The number of benzene rings is 1. The van der Waals surface area contributed by atoms with E-state index in [-0.39, 0.29) is 13.2 Å². The van der Waals surface area contributed by atoms with Gasteiger partial charge in [-0.3, -0.25) is 0 Å². The van der Waals surface area contributed by atoms with Gasteiger partial charge in [-0.25, -0.2) is 0 Å². The van der Waals surface area contributed by atoms with E-state index in [4.69, 9.17) is 18.9 Å². The third-order valence-corrected chi connectivity index (χ3v) is 5.09. The lowest BCUT2D eigenvalue weighted by atomic mass is 9.98. The molecular weight excluding hydrogens is 388 g/mol. The van der Waals surface area contributed by atoms with Crippen LogP contribution in [0.5, 0.6) is 0 Å². The van der Waals surface area contributed by atoms with Crippen LogP contribution in [0.4, 0.5) is 0 Å². The zero-order valence-electron chi connectivity index (χ0n) is 15.7. The fourth-order valence-electron chi connectivity index (χ4n) is 3.33. The van der Waals surface area contributed by atoms with E-state index >= 15 is 0 Å². The second-order valence-electron chi connectivity index (χ2n) is 7.16. The predicted molar refractivity (Wildman–Crippen MR) is 96.5 cm³/mol. The third kappa shape index (κ3) is 5.30. The molecule has 9 atom stereocenters. The first-order chi connectivity index (χ1) is 13.9. The number of hydrogen-bond acceptors (Lipinski definition) is 10. The molecule has 6 N–H and O–H groups in total. The third-order valence-electron chi connectivity index (χ3n) is 5.09. The van der Waals surface area contributed by atoms with Gasteiger partial charge in [0.2, 0.25) is 0 Å². The summed E-state index contributed by atoms with van der Waals surface area (Å²) in [5.41, 5.74) is 1.02. The Kier molecular flexibility index (Phi) is 7.93. The summed E-state index contributed by atoms with van der Waals surface area (Å²) in [5, 5.41) is 59.5. The van der Waals surface area contributed by atoms with Crippen molar-refractivity contribution in [3.05, 3.63) is 35.9 Å². The van der Waals surface area contributed by atoms with Crippen molar-refractivity contribution >= 4 is 0 Å². The smallest absolute Gasteiger partial charge is 0.187 e. The lowest BCUT2D eigenvalue weighted by molar-refractivity contribution is -0.356. The molecule has 2 aliphatic heterocycles. The Balaban J connectivity index is 1.66. The zero-order valence-corrected chi connectivity index (χ0v) is 15.7. The summed E-state index contributed by atoms with van der Waals surface area (Å²) < 4.78 is 22.0. The lowest BCUT2D eigenvalue weighted by Crippen LogP contribution is -2.63. The molecule has 10 heteroatoms. The van der Waals surface area contributed by atoms with E-state index in [0.717, 1.165) is 5.56 Å². The summed E-state index contributed by atoms with van der Waals surface area (Å²) in [5.74, 6) is 0. The molecule has 2 fully saturated rings. The molecule has 0 unspecified atom stereocenters. The largest absolute Gasteiger partial charge is 0.394 e. The van der Waals surface area contributed by atoms with Crippen molar-refractivity contribution < 1.29 is 49.6 Å². The highest BCUT2D eigenvalue weighted by atomic mass is 16.7. The van der Waals surface area contributed by atoms with E-state index in [2.05, 4.69) is 0 Å². The molecule has 2 aliphatic rings. The van der Waals surface area contributed by atoms with Gasteiger partial charge in [-0.05, 0) is 12.0 Å². The molecule has 1 aromatic rings. The van der Waals surface area contributed by atoms with Crippen LogP contribution in [0.1, 0.15) is 5.56 Å². The molecule has 164 valence electrons. The van der Waals surface area contributed by atoms with Crippen LogP contribution in [-0.4, -0.2) is 106 Å². The minimum atomic E-state index is -1.58. The Hall–Kier alpha value is -1.18. The standard InChI is InChI=1S/C19H28O10/c20-8-12-14(23)15(24)17(29-18-16(25)13(22)11(21)9-27-18)19(28-12)26-7-6-10-4-2-1-3-5-10/h1-5,11-25H,6-9H2/t11-,12-,13+,14-,15+,16-,17-,18+,19-/m0/s1. The highest BCUT2D eigenvalue weighted by Crippen LogP contribution is 2.28. The highest BCUT2D eigenvalue weighted by molar-refractivity contribution is 5.14. The van der Waals surface area contributed by atoms with Crippen LogP contribution in [0.3, 0.4) is 0 Å². The highest BCUT2D eigenvalue weighted by Gasteiger charge is 2.49. The molecule has 2 heterocycles. The second-order valence-corrected chi connectivity index (χ2v) is 7.16. The summed E-state index contributed by atoms with van der Waals surface area (Å²) in [6, 6.07) is 9.52. The predicted octanol–water partition coefficient (Wildman–Crippen LogP) is -2.49. The van der Waals surface area contributed by atoms with Gasteiger partial charge in [-0.1, -0.05) is 30.3 Å². The minimum absolute atomic E-state index is 0.199. The van der Waals surface area contributed by atoms with Gasteiger partial charge in [0.05, 0.1) is 19.8 Å². The van der Waals surface area contributed by atoms with Gasteiger partial charge >= 0.3 is 0 Å². The average Bonchev–Trinajstić information content (AvgIpc) is 2.73. The van der Waals surface area contributed by atoms with Crippen molar-refractivity contribution in [2.75, 3.05) is 19.8 Å². The number of aliphatic hydroxyl groups is 6. The lowest BCUT2D eigenvalue weighted by Gasteiger charge is -2.44. The molecular formula is C19H28O10. The molecule has 0 amide bonds. The Morgan fingerprint density at radius 1 is 0.897 bits per heavy atom. The van der Waals surface area contributed by atoms with Gasteiger partial charge in [0.15, 0.2) is 12.6 Å². The molecule has 0 aliphatic carbocycles. The van der Waals surface area contributed by atoms with Gasteiger partial charge in [-0.2, -0.15) is 0 Å². The Morgan fingerprint density at radius 2 is 1.62 bits per heavy atom. The van der Waals surface area contributed by atoms with Crippen LogP contribution in [0.15, 0.2) is 30.3 Å². The molecule has 0 saturated carbocycles. The first-order valence-electron chi connectivity index (χ1n) is 9.51. The fourth-order valence-corrected chi connectivity index (χ4v) is 3.33. The molecule has 29 heavy (non-hydrogen) atoms. The summed E-state index contributed by atoms with van der Waals surface area (Å²) in [4.78, 5) is 0. The molecule has 0 spiro atoms. The van der Waals surface area contributed by atoms with E-state index in [1.165, 1.54) is 0 Å². The van der Waals surface area contributed by atoms with E-state index in [1.54, 1.807) is 0 Å². The van der Waals surface area contributed by atoms with Crippen molar-refractivity contribution in [3.8, 4) is 0 Å². The molecule has 10 nitrogen and oxygen atoms in total. The maximum Gasteiger partial charge on any atom is 0.187 e. The van der Waals surface area contributed by atoms with Gasteiger partial charge in [0.1, 0.15) is 42.7 Å². The molecule has 0 radical (unpaired) electrons. The van der Waals surface area contributed by atoms with E-state index in [0.29, 0.717) is 6.42 Å². The topological polar surface area (TPSA) is 158 Å². The van der Waals surface area contributed by atoms with E-state index in [1.807, 2.05) is 30.3 Å². The summed E-state index contributed by atoms with van der Waals surface area (Å²) in [6.45, 7) is -0.629. The molecule has 0 bridgehead atoms. The van der Waals surface area contributed by atoms with Gasteiger partial charge in [0.25, 0.3) is 0 Å². The van der Waals surface area contributed by atoms with Crippen molar-refractivity contribution in [1.29, 1.82) is 0 Å². The Bertz CT molecular complexity index is 616. The molecule has 3 rings (SSSR count). The van der Waals surface area contributed by atoms with Gasteiger partial charge in [0, 0.05) is 0 Å². The van der Waals surface area contributed by atoms with Gasteiger partial charge < -0.3 is 49.6 Å². The maximum atomic E-state index is 10.5. The first kappa shape index (κ1) is 22.5. The van der Waals surface area contributed by atoms with Crippen LogP contribution < -0.4 is 0 Å². The fraction of sp³-hybridized carbons (Fsp3) is 0.684. The Morgan fingerprint density at radius 3 is 2.31 bits per heavy atom. The van der Waals surface area contributed by atoms with Crippen LogP contribution in [-0.2, 0) is 25.4 Å². The normalized spacial score (nSPS) is 40.7. The van der Waals surface area contributed by atoms with E-state index < -0.39 is 61.9 Å². The molecule has 2 saturated heterocycles. The second kappa shape index (κ2) is 10.2. The van der Waals surface area contributed by atoms with Gasteiger partial charge in [-0.15, -0.1) is 0 Å². The average molecular weight is 416 g/mol. The minimum Gasteiger partial charge on any atom is -0.394 e. The van der Waals surface area contributed by atoms with Crippen LogP contribution in [0.2, 0.25) is 0 Å². The quantitative estimate of drug-likeness (QED) is 0.281. The summed E-state index contributed by atoms with van der Waals surface area (Å²) in [6.07, 6.45) is -11.7. The number of aliphatic hydroxyl groups excluding tert-OH is 6. The Labute approximate surface area is 167 Å². The molecule has 0 aromatic heterocycles. The maximum absolute atomic E-state index is 10.5. The number of hydrogen-bond donors (Lipinski definition) is 6. The number of ether oxygens (including phenoxy) is 4. The zero-order chi connectivity index (χ0) is 21.0. The SMILES string of the molecule is OC[C@@H]1O[C@H](OCCc2ccccc2)[C@@H](O[C@H]2OC[C@H](O)[C@@H](O)[C@@H]2O)[C@H](O)[C@H]1O. The first-order valence-corrected chi connectivity index (χ1v) is 9.51. The van der Waals surface area contributed by atoms with Crippen LogP contribution in [0, 0.1) is 0 Å². The van der Waals surface area contributed by atoms with E-state index in [9.17, 15) is 30.6 Å². The summed E-state index contributed by atoms with van der Waals surface area (Å²) >= 11 is 0. The van der Waals surface area contributed by atoms with Crippen LogP contribution in [0.25, 0.3) is 0 Å². The van der Waals surface area contributed by atoms with Crippen molar-refractivity contribution in [2.24, 2.45) is 0 Å². The number of rotatable bonds is 7. The van der Waals surface area contributed by atoms with Crippen molar-refractivity contribution in [1.82, 2.24) is 0 Å². The summed E-state index contributed by atoms with van der Waals surface area (Å²) in [7, 11) is 0. The van der Waals surface area contributed by atoms with Crippen LogP contribution >= 0.6 is 0 Å². The monoisotopic (exact) mass is 416 g/mol. The molecule has 1 aromatic carbocycles. The van der Waals surface area contributed by atoms with Crippen molar-refractivity contribution in [3.63, 3.8) is 0 Å².